The summed E-state index contributed by atoms with van der Waals surface area (Å²) in [6.07, 6.45) is -0.222. The van der Waals surface area contributed by atoms with E-state index in [-0.39, 0.29) is 40.2 Å². The summed E-state index contributed by atoms with van der Waals surface area (Å²) < 4.78 is 11.6. The Kier molecular flexibility index (Phi) is 5.93. The zero-order chi connectivity index (χ0) is 23.0. The molecule has 8 heteroatoms. The standard InChI is InChI=1S/C23H23B3N2O3/c1-21(2)19(28-18(29)14-8-6-5-7-9-14)22(3,4)20(21)30-16-11-10-15(13-27)17(12-16)31-23(24,25)26/h5-12,19-20H,1-4H3,(H,28,29). The zero-order valence-electron chi connectivity index (χ0n) is 18.2. The molecule has 1 saturated carbocycles. The fraction of sp³-hybridized carbons (Fsp3) is 0.391. The highest BCUT2D eigenvalue weighted by atomic mass is 16.5. The molecule has 3 rings (SSSR count). The van der Waals surface area contributed by atoms with Crippen LogP contribution in [0, 0.1) is 22.2 Å². The van der Waals surface area contributed by atoms with Crippen molar-refractivity contribution in [3.63, 3.8) is 0 Å². The molecule has 0 spiro atoms. The largest absolute Gasteiger partial charge is 0.514 e. The first-order chi connectivity index (χ1) is 14.4. The minimum Gasteiger partial charge on any atom is -0.514 e. The van der Waals surface area contributed by atoms with E-state index in [9.17, 15) is 10.1 Å². The summed E-state index contributed by atoms with van der Waals surface area (Å²) in [5.41, 5.74) is 0.129. The van der Waals surface area contributed by atoms with Gasteiger partial charge in [-0.1, -0.05) is 45.9 Å². The SMILES string of the molecule is [B]C([B])([B])Oc1cc(OC2C(C)(C)C(NC(=O)c3ccccc3)C2(C)C)ccc1C#N. The molecular formula is C23H23B3N2O3. The second-order valence-electron chi connectivity index (χ2n) is 9.14. The number of carbonyl (C=O) groups is 1. The monoisotopic (exact) mass is 408 g/mol. The lowest BCUT2D eigenvalue weighted by Crippen LogP contribution is -2.74. The van der Waals surface area contributed by atoms with Crippen molar-refractivity contribution in [1.29, 1.82) is 5.26 Å². The Balaban J connectivity index is 1.79. The highest BCUT2D eigenvalue weighted by molar-refractivity contribution is 6.58. The van der Waals surface area contributed by atoms with Gasteiger partial charge in [0.15, 0.2) is 0 Å². The van der Waals surface area contributed by atoms with E-state index in [1.165, 1.54) is 0 Å². The quantitative estimate of drug-likeness (QED) is 0.747. The number of hydrogen-bond acceptors (Lipinski definition) is 4. The molecule has 1 N–H and O–H groups in total. The third-order valence-electron chi connectivity index (χ3n) is 5.77. The van der Waals surface area contributed by atoms with E-state index in [1.807, 2.05) is 52.0 Å². The summed E-state index contributed by atoms with van der Waals surface area (Å²) in [6, 6.07) is 15.8. The first-order valence-corrected chi connectivity index (χ1v) is 9.98. The maximum Gasteiger partial charge on any atom is 0.251 e. The summed E-state index contributed by atoms with van der Waals surface area (Å²) in [5.74, 6) is 0.498. The van der Waals surface area contributed by atoms with Gasteiger partial charge in [-0.3, -0.25) is 4.79 Å². The van der Waals surface area contributed by atoms with Crippen LogP contribution < -0.4 is 14.8 Å². The molecule has 5 nitrogen and oxygen atoms in total. The second-order valence-corrected chi connectivity index (χ2v) is 9.14. The fourth-order valence-electron chi connectivity index (χ4n) is 4.68. The van der Waals surface area contributed by atoms with Gasteiger partial charge in [0, 0.05) is 28.5 Å². The van der Waals surface area contributed by atoms with Gasteiger partial charge in [-0.05, 0) is 29.6 Å². The molecule has 0 aliphatic heterocycles. The Morgan fingerprint density at radius 2 is 1.68 bits per heavy atom. The van der Waals surface area contributed by atoms with E-state index >= 15 is 0 Å². The lowest BCUT2D eigenvalue weighted by atomic mass is 9.49. The molecule has 6 radical (unpaired) electrons. The molecule has 0 unspecified atom stereocenters. The van der Waals surface area contributed by atoms with Crippen LogP contribution in [0.1, 0.15) is 43.6 Å². The predicted octanol–water partition coefficient (Wildman–Crippen LogP) is 2.67. The molecule has 1 aliphatic rings. The van der Waals surface area contributed by atoms with Gasteiger partial charge in [0.1, 0.15) is 47.2 Å². The summed E-state index contributed by atoms with van der Waals surface area (Å²) in [4.78, 5) is 12.7. The Labute approximate surface area is 187 Å². The fourth-order valence-corrected chi connectivity index (χ4v) is 4.68. The number of ether oxygens (including phenoxy) is 2. The number of hydrogen-bond donors (Lipinski definition) is 1. The van der Waals surface area contributed by atoms with Crippen molar-refractivity contribution in [2.75, 3.05) is 0 Å². The minimum absolute atomic E-state index is 0.114. The van der Waals surface area contributed by atoms with E-state index in [0.29, 0.717) is 11.3 Å². The molecule has 152 valence electrons. The average Bonchev–Trinajstić information content (AvgIpc) is 2.69. The van der Waals surface area contributed by atoms with Crippen molar-refractivity contribution in [3.05, 3.63) is 59.7 Å². The lowest BCUT2D eigenvalue weighted by molar-refractivity contribution is -0.164. The summed E-state index contributed by atoms with van der Waals surface area (Å²) in [7, 11) is 16.6. The maximum atomic E-state index is 12.7. The third-order valence-corrected chi connectivity index (χ3v) is 5.77. The van der Waals surface area contributed by atoms with E-state index in [0.717, 1.165) is 0 Å². The topological polar surface area (TPSA) is 71.3 Å². The van der Waals surface area contributed by atoms with Gasteiger partial charge in [0.25, 0.3) is 5.91 Å². The van der Waals surface area contributed by atoms with Crippen LogP contribution in [0.15, 0.2) is 48.5 Å². The molecule has 0 bridgehead atoms. The number of carbonyl (C=O) groups excluding carboxylic acids is 1. The summed E-state index contributed by atoms with van der Waals surface area (Å²) in [5, 5.41) is 10.5. The van der Waals surface area contributed by atoms with Crippen molar-refractivity contribution >= 4 is 29.4 Å². The summed E-state index contributed by atoms with van der Waals surface area (Å²) >= 11 is 0. The van der Waals surface area contributed by atoms with Gasteiger partial charge in [0.05, 0.1) is 5.56 Å². The highest BCUT2D eigenvalue weighted by Gasteiger charge is 2.64. The van der Waals surface area contributed by atoms with Gasteiger partial charge < -0.3 is 14.8 Å². The predicted molar refractivity (Wildman–Crippen MR) is 121 cm³/mol. The Morgan fingerprint density at radius 3 is 2.23 bits per heavy atom. The van der Waals surface area contributed by atoms with Crippen LogP contribution in [0.3, 0.4) is 0 Å². The molecule has 2 aromatic rings. The van der Waals surface area contributed by atoms with Crippen LogP contribution >= 0.6 is 0 Å². The van der Waals surface area contributed by atoms with Crippen LogP contribution in [0.25, 0.3) is 0 Å². The van der Waals surface area contributed by atoms with Gasteiger partial charge in [0.2, 0.25) is 0 Å². The van der Waals surface area contributed by atoms with Crippen molar-refractivity contribution in [1.82, 2.24) is 5.32 Å². The van der Waals surface area contributed by atoms with E-state index in [2.05, 4.69) is 5.32 Å². The van der Waals surface area contributed by atoms with E-state index in [4.69, 9.17) is 33.0 Å². The average molecular weight is 408 g/mol. The molecule has 1 fully saturated rings. The van der Waals surface area contributed by atoms with E-state index < -0.39 is 5.30 Å². The van der Waals surface area contributed by atoms with Crippen molar-refractivity contribution in [2.24, 2.45) is 10.8 Å². The van der Waals surface area contributed by atoms with Gasteiger partial charge in [-0.25, -0.2) is 0 Å². The number of nitrogens with zero attached hydrogens (tertiary/aromatic N) is 1. The van der Waals surface area contributed by atoms with Crippen LogP contribution in [0.2, 0.25) is 0 Å². The second kappa shape index (κ2) is 8.03. The molecule has 2 aromatic carbocycles. The van der Waals surface area contributed by atoms with Gasteiger partial charge in [-0.2, -0.15) is 5.26 Å². The van der Waals surface area contributed by atoms with Crippen molar-refractivity contribution < 1.29 is 14.3 Å². The Hall–Kier alpha value is -2.81. The zero-order valence-corrected chi connectivity index (χ0v) is 18.2. The Morgan fingerprint density at radius 1 is 1.06 bits per heavy atom. The van der Waals surface area contributed by atoms with Crippen LogP contribution in [0.4, 0.5) is 0 Å². The molecule has 0 saturated heterocycles. The summed E-state index contributed by atoms with van der Waals surface area (Å²) in [6.45, 7) is 8.18. The van der Waals surface area contributed by atoms with E-state index in [1.54, 1.807) is 30.3 Å². The molecule has 1 amide bonds. The highest BCUT2D eigenvalue weighted by Crippen LogP contribution is 2.55. The minimum atomic E-state index is -1.92. The number of rotatable bonds is 6. The van der Waals surface area contributed by atoms with Crippen molar-refractivity contribution in [2.45, 2.75) is 45.1 Å². The molecule has 0 aromatic heterocycles. The number of benzene rings is 2. The van der Waals surface area contributed by atoms with Crippen molar-refractivity contribution in [3.8, 4) is 17.6 Å². The number of nitrogens with one attached hydrogen (secondary N) is 1. The normalized spacial score (nSPS) is 21.3. The molecule has 0 heterocycles. The molecule has 1 aliphatic carbocycles. The van der Waals surface area contributed by atoms with Crippen LogP contribution in [0.5, 0.6) is 11.5 Å². The first-order valence-electron chi connectivity index (χ1n) is 9.98. The smallest absolute Gasteiger partial charge is 0.251 e. The number of nitriles is 1. The van der Waals surface area contributed by atoms with Crippen LogP contribution in [-0.4, -0.2) is 46.9 Å². The molecular weight excluding hydrogens is 385 g/mol. The third kappa shape index (κ3) is 4.61. The number of amides is 1. The Bertz CT molecular complexity index is 995. The van der Waals surface area contributed by atoms with Crippen LogP contribution in [-0.2, 0) is 0 Å². The molecule has 0 atom stereocenters. The first kappa shape index (κ1) is 22.9. The van der Waals surface area contributed by atoms with Gasteiger partial charge in [-0.15, -0.1) is 0 Å². The maximum absolute atomic E-state index is 12.7. The molecule has 31 heavy (non-hydrogen) atoms. The lowest BCUT2D eigenvalue weighted by Gasteiger charge is -2.63. The van der Waals surface area contributed by atoms with Gasteiger partial charge >= 0.3 is 0 Å².